The van der Waals surface area contributed by atoms with E-state index in [9.17, 15) is 5.26 Å². The van der Waals surface area contributed by atoms with Crippen LogP contribution in [0.4, 0.5) is 5.69 Å². The molecule has 0 radical (unpaired) electrons. The summed E-state index contributed by atoms with van der Waals surface area (Å²) in [5.74, 6) is 0. The van der Waals surface area contributed by atoms with Gasteiger partial charge in [0.25, 0.3) is 0 Å². The number of benzene rings is 4. The Labute approximate surface area is 204 Å². The van der Waals surface area contributed by atoms with Crippen molar-refractivity contribution in [3.05, 3.63) is 106 Å². The van der Waals surface area contributed by atoms with E-state index in [0.717, 1.165) is 11.9 Å². The molecule has 1 N–H and O–H groups in total. The number of nitrogens with zero attached hydrogens (tertiary/aromatic N) is 1. The molecule has 0 amide bonds. The van der Waals surface area contributed by atoms with Gasteiger partial charge in [0.2, 0.25) is 0 Å². The SMILES string of the molecule is [2H]c1c([2H])c([2H])c(-c2cc(C#N)c(NSc3ccc(Cl)cc3Cl)c(-c3c([2H])c([2H])c([2H])c([2H])c3[2H])c2)c([2H])c1[2H]. The molecule has 146 valence electrons. The van der Waals surface area contributed by atoms with E-state index >= 15 is 0 Å². The van der Waals surface area contributed by atoms with E-state index in [1.54, 1.807) is 12.1 Å². The lowest BCUT2D eigenvalue weighted by atomic mass is 9.94. The third kappa shape index (κ3) is 4.47. The summed E-state index contributed by atoms with van der Waals surface area (Å²) in [6, 6.07) is 3.61. The van der Waals surface area contributed by atoms with Crippen LogP contribution in [0, 0.1) is 11.3 Å². The predicted octanol–water partition coefficient (Wildman–Crippen LogP) is 8.32. The van der Waals surface area contributed by atoms with Crippen LogP contribution >= 0.6 is 35.1 Å². The Kier molecular flexibility index (Phi) is 3.55. The van der Waals surface area contributed by atoms with E-state index in [1.165, 1.54) is 18.2 Å². The lowest BCUT2D eigenvalue weighted by Gasteiger charge is -2.16. The minimum absolute atomic E-state index is 0.0181. The molecule has 0 aliphatic rings. The summed E-state index contributed by atoms with van der Waals surface area (Å²) in [7, 11) is 0. The number of hydrogen-bond donors (Lipinski definition) is 1. The van der Waals surface area contributed by atoms with Crippen LogP contribution in [0.25, 0.3) is 22.3 Å². The van der Waals surface area contributed by atoms with Gasteiger partial charge in [0.15, 0.2) is 0 Å². The van der Waals surface area contributed by atoms with Crippen molar-refractivity contribution in [3.8, 4) is 28.3 Å². The molecule has 0 aliphatic heterocycles. The van der Waals surface area contributed by atoms with Crippen molar-refractivity contribution in [2.24, 2.45) is 0 Å². The van der Waals surface area contributed by atoms with Gasteiger partial charge in [-0.05, 0) is 59.0 Å². The molecule has 0 unspecified atom stereocenters. The van der Waals surface area contributed by atoms with Gasteiger partial charge in [-0.1, -0.05) is 83.6 Å². The number of halogens is 2. The second-order valence-corrected chi connectivity index (χ2v) is 7.53. The lowest BCUT2D eigenvalue weighted by molar-refractivity contribution is 1.45. The van der Waals surface area contributed by atoms with E-state index in [4.69, 9.17) is 36.9 Å². The maximum absolute atomic E-state index is 10.1. The van der Waals surface area contributed by atoms with Crippen LogP contribution in [0.2, 0.25) is 10.0 Å². The molecule has 0 bridgehead atoms. The third-order valence-corrected chi connectivity index (χ3v) is 5.52. The molecule has 0 aromatic heterocycles. The molecule has 2 nitrogen and oxygen atoms in total. The molecule has 4 aromatic carbocycles. The van der Waals surface area contributed by atoms with Gasteiger partial charge in [0, 0.05) is 15.5 Å². The molecule has 0 heterocycles. The summed E-state index contributed by atoms with van der Waals surface area (Å²) >= 11 is 13.2. The Morgan fingerprint density at radius 2 is 1.50 bits per heavy atom. The number of rotatable bonds is 5. The second kappa shape index (κ2) is 9.28. The first-order chi connectivity index (χ1) is 18.8. The molecule has 0 saturated carbocycles. The first-order valence-electron chi connectivity index (χ1n) is 13.4. The molecule has 0 spiro atoms. The van der Waals surface area contributed by atoms with Gasteiger partial charge in [-0.3, -0.25) is 0 Å². The van der Waals surface area contributed by atoms with Crippen LogP contribution in [-0.2, 0) is 0 Å². The number of nitrogens with one attached hydrogen (secondary N) is 1. The van der Waals surface area contributed by atoms with Crippen LogP contribution in [0.15, 0.2) is 95.7 Å². The quantitative estimate of drug-likeness (QED) is 0.306. The second-order valence-electron chi connectivity index (χ2n) is 5.84. The maximum Gasteiger partial charge on any atom is 0.101 e. The van der Waals surface area contributed by atoms with Crippen LogP contribution in [0.1, 0.15) is 19.3 Å². The molecule has 4 rings (SSSR count). The minimum atomic E-state index is -0.613. The van der Waals surface area contributed by atoms with Gasteiger partial charge < -0.3 is 4.72 Å². The molecule has 0 saturated heterocycles. The van der Waals surface area contributed by atoms with Crippen molar-refractivity contribution in [2.75, 3.05) is 4.72 Å². The van der Waals surface area contributed by atoms with Crippen LogP contribution in [0.3, 0.4) is 0 Å². The van der Waals surface area contributed by atoms with Gasteiger partial charge in [-0.15, -0.1) is 0 Å². The van der Waals surface area contributed by atoms with Crippen molar-refractivity contribution in [1.29, 1.82) is 5.26 Å². The number of hydrogen-bond acceptors (Lipinski definition) is 3. The highest BCUT2D eigenvalue weighted by Gasteiger charge is 2.15. The molecule has 0 aliphatic carbocycles. The first-order valence-corrected chi connectivity index (χ1v) is 9.97. The number of nitriles is 1. The van der Waals surface area contributed by atoms with Crippen molar-refractivity contribution in [3.63, 3.8) is 0 Å². The summed E-state index contributed by atoms with van der Waals surface area (Å²) in [5, 5.41) is 10.8. The predicted molar refractivity (Wildman–Crippen MR) is 128 cm³/mol. The van der Waals surface area contributed by atoms with Gasteiger partial charge >= 0.3 is 0 Å². The van der Waals surface area contributed by atoms with E-state index in [1.807, 2.05) is 6.07 Å². The van der Waals surface area contributed by atoms with Crippen LogP contribution in [-0.4, -0.2) is 0 Å². The summed E-state index contributed by atoms with van der Waals surface area (Å²) in [6.45, 7) is 0. The minimum Gasteiger partial charge on any atom is -0.324 e. The highest BCUT2D eigenvalue weighted by atomic mass is 35.5. The fraction of sp³-hybridized carbons (Fsp3) is 0. The molecule has 30 heavy (non-hydrogen) atoms. The van der Waals surface area contributed by atoms with Gasteiger partial charge in [0.1, 0.15) is 6.07 Å². The monoisotopic (exact) mass is 456 g/mol. The van der Waals surface area contributed by atoms with Crippen molar-refractivity contribution >= 4 is 40.8 Å². The molecule has 0 atom stereocenters. The summed E-state index contributed by atoms with van der Waals surface area (Å²) < 4.78 is 85.0. The van der Waals surface area contributed by atoms with Gasteiger partial charge in [-0.25, -0.2) is 0 Å². The van der Waals surface area contributed by atoms with Crippen molar-refractivity contribution in [1.82, 2.24) is 0 Å². The Balaban J connectivity index is 2.07. The summed E-state index contributed by atoms with van der Waals surface area (Å²) in [5.41, 5.74) is -0.471. The molecule has 5 heteroatoms. The highest BCUT2D eigenvalue weighted by Crippen LogP contribution is 2.39. The Bertz CT molecular complexity index is 1700. The average molecular weight is 457 g/mol. The fourth-order valence-electron chi connectivity index (χ4n) is 2.62. The number of anilines is 1. The summed E-state index contributed by atoms with van der Waals surface area (Å²) in [4.78, 5) is 0.511. The van der Waals surface area contributed by atoms with Gasteiger partial charge in [0.05, 0.1) is 30.0 Å². The lowest BCUT2D eigenvalue weighted by Crippen LogP contribution is -1.96. The van der Waals surface area contributed by atoms with E-state index in [2.05, 4.69) is 4.72 Å². The first kappa shape index (κ1) is 11.5. The smallest absolute Gasteiger partial charge is 0.101 e. The van der Waals surface area contributed by atoms with Crippen molar-refractivity contribution < 1.29 is 13.7 Å². The zero-order valence-corrected chi connectivity index (χ0v) is 17.3. The van der Waals surface area contributed by atoms with Crippen molar-refractivity contribution in [2.45, 2.75) is 4.90 Å². The third-order valence-electron chi connectivity index (χ3n) is 3.97. The Morgan fingerprint density at radius 1 is 0.833 bits per heavy atom. The van der Waals surface area contributed by atoms with Crippen LogP contribution < -0.4 is 4.72 Å². The maximum atomic E-state index is 10.1. The van der Waals surface area contributed by atoms with Gasteiger partial charge in [-0.2, -0.15) is 5.26 Å². The van der Waals surface area contributed by atoms with E-state index in [0.29, 0.717) is 14.9 Å². The molecular weight excluding hydrogens is 431 g/mol. The van der Waals surface area contributed by atoms with E-state index in [-0.39, 0.29) is 33.5 Å². The zero-order chi connectivity index (χ0) is 29.6. The Hall–Kier alpha value is -2.90. The molecule has 4 aromatic rings. The molecular formula is C25H16Cl2N2S. The normalized spacial score (nSPS) is 15.1. The van der Waals surface area contributed by atoms with Crippen LogP contribution in [0.5, 0.6) is 0 Å². The summed E-state index contributed by atoms with van der Waals surface area (Å²) in [6.07, 6.45) is 0. The fourth-order valence-corrected chi connectivity index (χ4v) is 3.87. The molecule has 0 fully saturated rings. The standard InChI is InChI=1S/C25H16Cl2N2S/c26-21-11-12-24(23(27)15-21)30-29-25-20(16-28)13-19(17-7-3-1-4-8-17)14-22(25)18-9-5-2-6-10-18/h1-15,29H/i1D,2D,3D,4D,5D,6D,7D,8D,9D,10D. The van der Waals surface area contributed by atoms with E-state index < -0.39 is 60.4 Å². The zero-order valence-electron chi connectivity index (χ0n) is 25.0. The average Bonchev–Trinajstić information content (AvgIpc) is 2.93. The highest BCUT2D eigenvalue weighted by molar-refractivity contribution is 8.00. The Morgan fingerprint density at radius 3 is 2.13 bits per heavy atom. The topological polar surface area (TPSA) is 35.8 Å². The largest absolute Gasteiger partial charge is 0.324 e.